The number of amides is 1. The first-order chi connectivity index (χ1) is 8.56. The van der Waals surface area contributed by atoms with E-state index >= 15 is 0 Å². The second-order valence-corrected chi connectivity index (χ2v) is 4.86. The number of carbonyl (C=O) groups is 2. The number of hydrogen-bond acceptors (Lipinski definition) is 3. The summed E-state index contributed by atoms with van der Waals surface area (Å²) in [7, 11) is 0. The van der Waals surface area contributed by atoms with Gasteiger partial charge < -0.3 is 10.4 Å². The van der Waals surface area contributed by atoms with Crippen LogP contribution in [0.5, 0.6) is 5.75 Å². The van der Waals surface area contributed by atoms with Gasteiger partial charge in [0, 0.05) is 24.4 Å². The Bertz CT molecular complexity index is 477. The van der Waals surface area contributed by atoms with Crippen LogP contribution < -0.4 is 5.32 Å². The molecule has 0 aliphatic heterocycles. The number of rotatable bonds is 2. The first-order valence-electron chi connectivity index (χ1n) is 5.87. The largest absolute Gasteiger partial charge is 0.506 e. The van der Waals surface area contributed by atoms with E-state index in [2.05, 4.69) is 5.32 Å². The van der Waals surface area contributed by atoms with Gasteiger partial charge >= 0.3 is 0 Å². The number of carbonyl (C=O) groups excluding carboxylic acids is 2. The lowest BCUT2D eigenvalue weighted by Gasteiger charge is -2.22. The Kier molecular flexibility index (Phi) is 3.87. The van der Waals surface area contributed by atoms with E-state index in [1.165, 1.54) is 18.2 Å². The van der Waals surface area contributed by atoms with E-state index < -0.39 is 0 Å². The second-order valence-electron chi connectivity index (χ2n) is 4.45. The SMILES string of the molecule is O=C1CCC(NC(=O)c2ccc(O)c(Cl)c2)CC1. The topological polar surface area (TPSA) is 66.4 Å². The van der Waals surface area contributed by atoms with Gasteiger partial charge in [-0.1, -0.05) is 11.6 Å². The number of aromatic hydroxyl groups is 1. The molecule has 1 amide bonds. The molecule has 2 rings (SSSR count). The van der Waals surface area contributed by atoms with Gasteiger partial charge in [-0.25, -0.2) is 0 Å². The minimum atomic E-state index is -0.226. The van der Waals surface area contributed by atoms with Crippen molar-refractivity contribution in [3.8, 4) is 5.75 Å². The fraction of sp³-hybridized carbons (Fsp3) is 0.385. The molecule has 1 aliphatic rings. The molecule has 0 atom stereocenters. The minimum absolute atomic E-state index is 0.0442. The molecule has 0 heterocycles. The third-order valence-electron chi connectivity index (χ3n) is 3.09. The predicted molar refractivity (Wildman–Crippen MR) is 67.8 cm³/mol. The zero-order valence-electron chi connectivity index (χ0n) is 9.78. The zero-order valence-corrected chi connectivity index (χ0v) is 10.5. The Hall–Kier alpha value is -1.55. The van der Waals surface area contributed by atoms with Crippen molar-refractivity contribution in [1.82, 2.24) is 5.32 Å². The van der Waals surface area contributed by atoms with Crippen LogP contribution in [0.25, 0.3) is 0 Å². The fourth-order valence-electron chi connectivity index (χ4n) is 2.00. The van der Waals surface area contributed by atoms with Crippen molar-refractivity contribution in [3.63, 3.8) is 0 Å². The highest BCUT2D eigenvalue weighted by atomic mass is 35.5. The summed E-state index contributed by atoms with van der Waals surface area (Å²) in [5, 5.41) is 12.3. The summed E-state index contributed by atoms with van der Waals surface area (Å²) in [6.45, 7) is 0. The van der Waals surface area contributed by atoms with Crippen LogP contribution in [0.4, 0.5) is 0 Å². The van der Waals surface area contributed by atoms with E-state index in [-0.39, 0.29) is 28.5 Å². The van der Waals surface area contributed by atoms with Gasteiger partial charge in [0.1, 0.15) is 11.5 Å². The summed E-state index contributed by atoms with van der Waals surface area (Å²) in [6, 6.07) is 4.38. The van der Waals surface area contributed by atoms with Crippen molar-refractivity contribution >= 4 is 23.3 Å². The van der Waals surface area contributed by atoms with E-state index in [1.807, 2.05) is 0 Å². The number of ketones is 1. The van der Waals surface area contributed by atoms with Gasteiger partial charge in [-0.05, 0) is 31.0 Å². The predicted octanol–water partition coefficient (Wildman–Crippen LogP) is 2.29. The molecular formula is C13H14ClNO3. The summed E-state index contributed by atoms with van der Waals surface area (Å²) in [5.41, 5.74) is 0.412. The highest BCUT2D eigenvalue weighted by Gasteiger charge is 2.20. The van der Waals surface area contributed by atoms with Gasteiger partial charge in [0.15, 0.2) is 0 Å². The van der Waals surface area contributed by atoms with Crippen molar-refractivity contribution in [2.75, 3.05) is 0 Å². The molecule has 0 bridgehead atoms. The molecule has 5 heteroatoms. The maximum atomic E-state index is 11.9. The molecule has 0 spiro atoms. The number of halogens is 1. The Morgan fingerprint density at radius 3 is 2.61 bits per heavy atom. The lowest BCUT2D eigenvalue weighted by molar-refractivity contribution is -0.120. The lowest BCUT2D eigenvalue weighted by atomic mass is 9.94. The maximum absolute atomic E-state index is 11.9. The first kappa shape index (κ1) is 12.9. The van der Waals surface area contributed by atoms with Crippen molar-refractivity contribution in [2.45, 2.75) is 31.7 Å². The molecule has 1 aromatic carbocycles. The van der Waals surface area contributed by atoms with Gasteiger partial charge in [0.2, 0.25) is 0 Å². The smallest absolute Gasteiger partial charge is 0.251 e. The monoisotopic (exact) mass is 267 g/mol. The summed E-state index contributed by atoms with van der Waals surface area (Å²) in [4.78, 5) is 23.0. The van der Waals surface area contributed by atoms with Crippen LogP contribution in [0.3, 0.4) is 0 Å². The van der Waals surface area contributed by atoms with Crippen LogP contribution in [-0.4, -0.2) is 22.8 Å². The standard InChI is InChI=1S/C13H14ClNO3/c14-11-7-8(1-6-12(11)17)13(18)15-9-2-4-10(16)5-3-9/h1,6-7,9,17H,2-5H2,(H,15,18). The van der Waals surface area contributed by atoms with Gasteiger partial charge in [-0.15, -0.1) is 0 Å². The molecule has 1 aromatic rings. The number of hydrogen-bond donors (Lipinski definition) is 2. The molecule has 1 fully saturated rings. The van der Waals surface area contributed by atoms with Crippen molar-refractivity contribution in [3.05, 3.63) is 28.8 Å². The summed E-state index contributed by atoms with van der Waals surface area (Å²) < 4.78 is 0. The molecule has 1 aliphatic carbocycles. The summed E-state index contributed by atoms with van der Waals surface area (Å²) >= 11 is 5.75. The van der Waals surface area contributed by atoms with Crippen LogP contribution in [0.15, 0.2) is 18.2 Å². The van der Waals surface area contributed by atoms with Crippen molar-refractivity contribution in [2.24, 2.45) is 0 Å². The molecule has 96 valence electrons. The van der Waals surface area contributed by atoms with Gasteiger partial charge in [-0.3, -0.25) is 9.59 Å². The number of phenols is 1. The van der Waals surface area contributed by atoms with Gasteiger partial charge in [0.25, 0.3) is 5.91 Å². The van der Waals surface area contributed by atoms with Crippen molar-refractivity contribution in [1.29, 1.82) is 0 Å². The third kappa shape index (κ3) is 3.01. The second kappa shape index (κ2) is 5.40. The molecule has 2 N–H and O–H groups in total. The van der Waals surface area contributed by atoms with Crippen LogP contribution in [0.1, 0.15) is 36.0 Å². The normalized spacial score (nSPS) is 16.6. The summed E-state index contributed by atoms with van der Waals surface area (Å²) in [5.74, 6) is -0.0131. The maximum Gasteiger partial charge on any atom is 0.251 e. The van der Waals surface area contributed by atoms with E-state index in [1.54, 1.807) is 0 Å². The molecular weight excluding hydrogens is 254 g/mol. The minimum Gasteiger partial charge on any atom is -0.506 e. The van der Waals surface area contributed by atoms with Crippen LogP contribution in [0.2, 0.25) is 5.02 Å². The zero-order chi connectivity index (χ0) is 13.1. The van der Waals surface area contributed by atoms with E-state index in [0.717, 1.165) is 0 Å². The first-order valence-corrected chi connectivity index (χ1v) is 6.25. The van der Waals surface area contributed by atoms with Crippen molar-refractivity contribution < 1.29 is 14.7 Å². The molecule has 18 heavy (non-hydrogen) atoms. The Balaban J connectivity index is 1.99. The average Bonchev–Trinajstić information content (AvgIpc) is 2.35. The van der Waals surface area contributed by atoms with E-state index in [9.17, 15) is 14.7 Å². The highest BCUT2D eigenvalue weighted by molar-refractivity contribution is 6.32. The molecule has 4 nitrogen and oxygen atoms in total. The Morgan fingerprint density at radius 2 is 2.00 bits per heavy atom. The Morgan fingerprint density at radius 1 is 1.33 bits per heavy atom. The van der Waals surface area contributed by atoms with Gasteiger partial charge in [0.05, 0.1) is 5.02 Å². The van der Waals surface area contributed by atoms with Crippen LogP contribution in [0, 0.1) is 0 Å². The molecule has 0 aromatic heterocycles. The lowest BCUT2D eigenvalue weighted by Crippen LogP contribution is -2.37. The number of Topliss-reactive ketones (excluding diaryl/α,β-unsaturated/α-hetero) is 1. The third-order valence-corrected chi connectivity index (χ3v) is 3.39. The highest BCUT2D eigenvalue weighted by Crippen LogP contribution is 2.24. The quantitative estimate of drug-likeness (QED) is 0.864. The molecule has 0 radical (unpaired) electrons. The Labute approximate surface area is 110 Å². The van der Waals surface area contributed by atoms with Crippen LogP contribution in [-0.2, 0) is 4.79 Å². The number of nitrogens with one attached hydrogen (secondary N) is 1. The van der Waals surface area contributed by atoms with E-state index in [4.69, 9.17) is 11.6 Å². The molecule has 0 unspecified atom stereocenters. The summed E-state index contributed by atoms with van der Waals surface area (Å²) in [6.07, 6.45) is 2.44. The van der Waals surface area contributed by atoms with Crippen LogP contribution >= 0.6 is 11.6 Å². The average molecular weight is 268 g/mol. The van der Waals surface area contributed by atoms with Gasteiger partial charge in [-0.2, -0.15) is 0 Å². The number of benzene rings is 1. The molecule has 0 saturated heterocycles. The molecule has 1 saturated carbocycles. The fourth-order valence-corrected chi connectivity index (χ4v) is 2.18. The van der Waals surface area contributed by atoms with E-state index in [0.29, 0.717) is 31.2 Å². The number of phenolic OH excluding ortho intramolecular Hbond substituents is 1.